The summed E-state index contributed by atoms with van der Waals surface area (Å²) < 4.78 is 7.87. The van der Waals surface area contributed by atoms with E-state index in [0.29, 0.717) is 12.5 Å². The molecule has 2 amide bonds. The van der Waals surface area contributed by atoms with Crippen molar-refractivity contribution in [1.82, 2.24) is 19.8 Å². The maximum absolute atomic E-state index is 12.5. The summed E-state index contributed by atoms with van der Waals surface area (Å²) in [5.41, 5.74) is 0. The number of imidazole rings is 1. The van der Waals surface area contributed by atoms with Crippen LogP contribution in [0, 0.1) is 5.92 Å². The Morgan fingerprint density at radius 2 is 2.27 bits per heavy atom. The minimum absolute atomic E-state index is 0.0331. The molecule has 0 bridgehead atoms. The molecule has 0 spiro atoms. The van der Waals surface area contributed by atoms with Crippen molar-refractivity contribution in [2.24, 2.45) is 5.92 Å². The first-order chi connectivity index (χ1) is 10.5. The normalized spacial score (nSPS) is 20.8. The van der Waals surface area contributed by atoms with Gasteiger partial charge in [-0.05, 0) is 26.2 Å². The van der Waals surface area contributed by atoms with Gasteiger partial charge in [-0.15, -0.1) is 0 Å². The van der Waals surface area contributed by atoms with E-state index in [1.807, 2.05) is 22.6 Å². The zero-order chi connectivity index (χ0) is 16.1. The highest BCUT2D eigenvalue weighted by Gasteiger charge is 2.26. The van der Waals surface area contributed by atoms with E-state index in [0.717, 1.165) is 31.9 Å². The number of hydrogen-bond donors (Lipinski definition) is 1. The molecule has 0 radical (unpaired) electrons. The van der Waals surface area contributed by atoms with Gasteiger partial charge in [-0.25, -0.2) is 9.78 Å². The largest absolute Gasteiger partial charge is 0.376 e. The lowest BCUT2D eigenvalue weighted by atomic mass is 10.1. The van der Waals surface area contributed by atoms with Crippen LogP contribution in [0.1, 0.15) is 46.0 Å². The van der Waals surface area contributed by atoms with E-state index in [-0.39, 0.29) is 18.2 Å². The fraction of sp³-hybridized carbons (Fsp3) is 0.750. The summed E-state index contributed by atoms with van der Waals surface area (Å²) in [5, 5.41) is 3.06. The standard InChI is InChI=1S/C16H28N4O2/c1-5-19-9-7-17-15(19)13(4)18-16(21)20-8-6-10-22-14(11-20)12(2)3/h7,9,12-14H,5-6,8,10-11H2,1-4H3,(H,18,21). The molecule has 2 rings (SSSR count). The lowest BCUT2D eigenvalue weighted by Crippen LogP contribution is -2.45. The molecule has 2 atom stereocenters. The molecule has 124 valence electrons. The highest BCUT2D eigenvalue weighted by Crippen LogP contribution is 2.15. The van der Waals surface area contributed by atoms with Crippen LogP contribution in [-0.2, 0) is 11.3 Å². The van der Waals surface area contributed by atoms with Crippen LogP contribution in [0.4, 0.5) is 4.79 Å². The highest BCUT2D eigenvalue weighted by atomic mass is 16.5. The van der Waals surface area contributed by atoms with Crippen molar-refractivity contribution in [3.05, 3.63) is 18.2 Å². The summed E-state index contributed by atoms with van der Waals surface area (Å²) in [6.07, 6.45) is 4.71. The third-order valence-corrected chi connectivity index (χ3v) is 4.15. The summed E-state index contributed by atoms with van der Waals surface area (Å²) in [5.74, 6) is 1.30. The number of hydrogen-bond acceptors (Lipinski definition) is 3. The van der Waals surface area contributed by atoms with Gasteiger partial charge in [0.2, 0.25) is 0 Å². The molecule has 2 unspecified atom stereocenters. The Morgan fingerprint density at radius 1 is 1.50 bits per heavy atom. The smallest absolute Gasteiger partial charge is 0.318 e. The minimum Gasteiger partial charge on any atom is -0.376 e. The van der Waals surface area contributed by atoms with Crippen molar-refractivity contribution in [2.45, 2.75) is 52.8 Å². The molecule has 1 aromatic rings. The Labute approximate surface area is 132 Å². The second-order valence-corrected chi connectivity index (χ2v) is 6.20. The van der Waals surface area contributed by atoms with Gasteiger partial charge in [0.25, 0.3) is 0 Å². The van der Waals surface area contributed by atoms with Gasteiger partial charge in [0.1, 0.15) is 5.82 Å². The van der Waals surface area contributed by atoms with Crippen molar-refractivity contribution >= 4 is 6.03 Å². The van der Waals surface area contributed by atoms with Crippen LogP contribution in [0.2, 0.25) is 0 Å². The molecule has 1 aromatic heterocycles. The summed E-state index contributed by atoms with van der Waals surface area (Å²) in [4.78, 5) is 18.8. The van der Waals surface area contributed by atoms with Gasteiger partial charge in [0.15, 0.2) is 0 Å². The number of carbonyl (C=O) groups excluding carboxylic acids is 1. The first-order valence-electron chi connectivity index (χ1n) is 8.21. The number of aromatic nitrogens is 2. The van der Waals surface area contributed by atoms with Gasteiger partial charge >= 0.3 is 6.03 Å². The number of amides is 2. The van der Waals surface area contributed by atoms with E-state index in [2.05, 4.69) is 31.1 Å². The fourth-order valence-corrected chi connectivity index (χ4v) is 2.75. The molecule has 1 saturated heterocycles. The zero-order valence-corrected chi connectivity index (χ0v) is 14.1. The molecule has 0 aromatic carbocycles. The van der Waals surface area contributed by atoms with Crippen molar-refractivity contribution < 1.29 is 9.53 Å². The molecule has 1 N–H and O–H groups in total. The zero-order valence-electron chi connectivity index (χ0n) is 14.1. The quantitative estimate of drug-likeness (QED) is 0.929. The fourth-order valence-electron chi connectivity index (χ4n) is 2.75. The van der Waals surface area contributed by atoms with E-state index >= 15 is 0 Å². The van der Waals surface area contributed by atoms with E-state index in [9.17, 15) is 4.79 Å². The molecule has 2 heterocycles. The highest BCUT2D eigenvalue weighted by molar-refractivity contribution is 5.74. The average molecular weight is 308 g/mol. The van der Waals surface area contributed by atoms with E-state index < -0.39 is 0 Å². The van der Waals surface area contributed by atoms with Gasteiger partial charge < -0.3 is 19.5 Å². The number of nitrogens with one attached hydrogen (secondary N) is 1. The molecule has 1 fully saturated rings. The minimum atomic E-state index is -0.107. The van der Waals surface area contributed by atoms with E-state index in [4.69, 9.17) is 4.74 Å². The number of aryl methyl sites for hydroxylation is 1. The number of rotatable bonds is 4. The number of nitrogens with zero attached hydrogens (tertiary/aromatic N) is 3. The van der Waals surface area contributed by atoms with Crippen molar-refractivity contribution in [2.75, 3.05) is 19.7 Å². The molecule has 22 heavy (non-hydrogen) atoms. The van der Waals surface area contributed by atoms with E-state index in [1.54, 1.807) is 6.20 Å². The number of carbonyl (C=O) groups is 1. The molecule has 6 nitrogen and oxygen atoms in total. The van der Waals surface area contributed by atoms with Crippen LogP contribution < -0.4 is 5.32 Å². The predicted octanol–water partition coefficient (Wildman–Crippen LogP) is 2.42. The lowest BCUT2D eigenvalue weighted by Gasteiger charge is -2.27. The Hall–Kier alpha value is -1.56. The van der Waals surface area contributed by atoms with Gasteiger partial charge in [-0.1, -0.05) is 13.8 Å². The SMILES string of the molecule is CCn1ccnc1C(C)NC(=O)N1CCCOC(C(C)C)C1. The third-order valence-electron chi connectivity index (χ3n) is 4.15. The monoisotopic (exact) mass is 308 g/mol. The van der Waals surface area contributed by atoms with Crippen LogP contribution in [0.15, 0.2) is 12.4 Å². The topological polar surface area (TPSA) is 59.4 Å². The van der Waals surface area contributed by atoms with Crippen molar-refractivity contribution in [1.29, 1.82) is 0 Å². The molecular weight excluding hydrogens is 280 g/mol. The van der Waals surface area contributed by atoms with Crippen LogP contribution >= 0.6 is 0 Å². The van der Waals surface area contributed by atoms with Crippen LogP contribution in [0.5, 0.6) is 0 Å². The van der Waals surface area contributed by atoms with Gasteiger partial charge in [-0.2, -0.15) is 0 Å². The first kappa shape index (κ1) is 16.8. The second kappa shape index (κ2) is 7.63. The summed E-state index contributed by atoms with van der Waals surface area (Å²) >= 11 is 0. The van der Waals surface area contributed by atoms with Gasteiger partial charge in [0, 0.05) is 38.6 Å². The Morgan fingerprint density at radius 3 is 2.95 bits per heavy atom. The average Bonchev–Trinajstić information content (AvgIpc) is 2.82. The number of ether oxygens (including phenoxy) is 1. The Bertz CT molecular complexity index is 486. The van der Waals surface area contributed by atoms with Crippen LogP contribution in [-0.4, -0.2) is 46.3 Å². The molecule has 1 aliphatic heterocycles. The van der Waals surface area contributed by atoms with Crippen LogP contribution in [0.3, 0.4) is 0 Å². The molecule has 6 heteroatoms. The summed E-state index contributed by atoms with van der Waals surface area (Å²) in [6, 6.07) is -0.140. The third kappa shape index (κ3) is 4.00. The molecular formula is C16H28N4O2. The van der Waals surface area contributed by atoms with Gasteiger partial charge in [-0.3, -0.25) is 0 Å². The maximum Gasteiger partial charge on any atom is 0.318 e. The first-order valence-corrected chi connectivity index (χ1v) is 8.21. The molecule has 0 saturated carbocycles. The number of urea groups is 1. The summed E-state index contributed by atoms with van der Waals surface area (Å²) in [6.45, 7) is 11.3. The van der Waals surface area contributed by atoms with E-state index in [1.165, 1.54) is 0 Å². The van der Waals surface area contributed by atoms with Crippen molar-refractivity contribution in [3.63, 3.8) is 0 Å². The molecule has 1 aliphatic rings. The maximum atomic E-state index is 12.5. The Kier molecular flexibility index (Phi) is 5.83. The molecule has 0 aliphatic carbocycles. The van der Waals surface area contributed by atoms with Gasteiger partial charge in [0.05, 0.1) is 12.1 Å². The predicted molar refractivity (Wildman–Crippen MR) is 85.6 cm³/mol. The Balaban J connectivity index is 1.98. The lowest BCUT2D eigenvalue weighted by molar-refractivity contribution is 0.0266. The van der Waals surface area contributed by atoms with Crippen molar-refractivity contribution in [3.8, 4) is 0 Å². The van der Waals surface area contributed by atoms with Crippen LogP contribution in [0.25, 0.3) is 0 Å². The summed E-state index contributed by atoms with van der Waals surface area (Å²) in [7, 11) is 0. The second-order valence-electron chi connectivity index (χ2n) is 6.20.